The summed E-state index contributed by atoms with van der Waals surface area (Å²) in [6.07, 6.45) is 2.16. The van der Waals surface area contributed by atoms with E-state index in [1.54, 1.807) is 11.0 Å². The molecule has 5 heteroatoms. The number of carbonyl (C=O) groups is 1. The van der Waals surface area contributed by atoms with Crippen molar-refractivity contribution in [3.8, 4) is 0 Å². The van der Waals surface area contributed by atoms with E-state index in [0.717, 1.165) is 30.4 Å². The highest BCUT2D eigenvalue weighted by atomic mass is 19.1. The Morgan fingerprint density at radius 1 is 1.35 bits per heavy atom. The molecule has 1 heterocycles. The van der Waals surface area contributed by atoms with Gasteiger partial charge in [-0.3, -0.25) is 0 Å². The lowest BCUT2D eigenvalue weighted by atomic mass is 9.73. The van der Waals surface area contributed by atoms with Crippen LogP contribution in [0.1, 0.15) is 57.2 Å². The number of nitrogens with zero attached hydrogens (tertiary/aromatic N) is 1. The lowest BCUT2D eigenvalue weighted by Crippen LogP contribution is -2.46. The van der Waals surface area contributed by atoms with Gasteiger partial charge in [0.1, 0.15) is 11.4 Å². The number of piperidine rings is 1. The molecule has 1 fully saturated rings. The largest absolute Gasteiger partial charge is 0.444 e. The first-order chi connectivity index (χ1) is 10.7. The SMILES string of the molecule is CC(C)(C)OC(=O)N1CCC2(CC1)C[C@@H](N)c1ccc(F)cc12. The Balaban J connectivity index is 1.75. The van der Waals surface area contributed by atoms with Crippen LogP contribution in [0.4, 0.5) is 9.18 Å². The summed E-state index contributed by atoms with van der Waals surface area (Å²) >= 11 is 0. The van der Waals surface area contributed by atoms with E-state index in [9.17, 15) is 9.18 Å². The highest BCUT2D eigenvalue weighted by Gasteiger charge is 2.45. The molecule has 4 nitrogen and oxygen atoms in total. The number of likely N-dealkylation sites (tertiary alicyclic amines) is 1. The molecule has 1 aliphatic heterocycles. The minimum Gasteiger partial charge on any atom is -0.444 e. The lowest BCUT2D eigenvalue weighted by Gasteiger charge is -2.40. The Morgan fingerprint density at radius 2 is 2.00 bits per heavy atom. The molecule has 1 aromatic carbocycles. The molecule has 2 aliphatic rings. The second-order valence-electron chi connectivity index (χ2n) is 7.79. The Hall–Kier alpha value is -1.62. The molecule has 1 aromatic rings. The maximum atomic E-state index is 13.7. The van der Waals surface area contributed by atoms with Crippen LogP contribution in [0.15, 0.2) is 18.2 Å². The van der Waals surface area contributed by atoms with Gasteiger partial charge in [0.05, 0.1) is 0 Å². The number of fused-ring (bicyclic) bond motifs is 2. The molecule has 2 N–H and O–H groups in total. The topological polar surface area (TPSA) is 55.6 Å². The van der Waals surface area contributed by atoms with Gasteiger partial charge in [-0.15, -0.1) is 0 Å². The molecule has 23 heavy (non-hydrogen) atoms. The average molecular weight is 320 g/mol. The molecular weight excluding hydrogens is 295 g/mol. The predicted octanol–water partition coefficient (Wildman–Crippen LogP) is 3.50. The van der Waals surface area contributed by atoms with Crippen molar-refractivity contribution in [2.24, 2.45) is 5.73 Å². The van der Waals surface area contributed by atoms with Gasteiger partial charge in [-0.2, -0.15) is 0 Å². The van der Waals surface area contributed by atoms with Gasteiger partial charge in [0.2, 0.25) is 0 Å². The first-order valence-electron chi connectivity index (χ1n) is 8.24. The Morgan fingerprint density at radius 3 is 2.61 bits per heavy atom. The van der Waals surface area contributed by atoms with Crippen molar-refractivity contribution >= 4 is 6.09 Å². The number of ether oxygens (including phenoxy) is 1. The van der Waals surface area contributed by atoms with Crippen LogP contribution in [0.2, 0.25) is 0 Å². The molecule has 0 saturated carbocycles. The van der Waals surface area contributed by atoms with Crippen molar-refractivity contribution in [3.05, 3.63) is 35.1 Å². The maximum Gasteiger partial charge on any atom is 0.410 e. The number of amides is 1. The van der Waals surface area contributed by atoms with E-state index in [4.69, 9.17) is 10.5 Å². The Labute approximate surface area is 136 Å². The fourth-order valence-corrected chi connectivity index (χ4v) is 3.87. The molecule has 0 unspecified atom stereocenters. The zero-order valence-corrected chi connectivity index (χ0v) is 14.1. The zero-order chi connectivity index (χ0) is 16.8. The van der Waals surface area contributed by atoms with Gasteiger partial charge < -0.3 is 15.4 Å². The first kappa shape index (κ1) is 16.2. The summed E-state index contributed by atoms with van der Waals surface area (Å²) < 4.78 is 19.1. The molecule has 1 spiro atoms. The van der Waals surface area contributed by atoms with Gasteiger partial charge in [-0.05, 0) is 63.3 Å². The molecule has 0 radical (unpaired) electrons. The van der Waals surface area contributed by atoms with Gasteiger partial charge in [-0.25, -0.2) is 9.18 Å². The van der Waals surface area contributed by atoms with Crippen LogP contribution in [0.5, 0.6) is 0 Å². The van der Waals surface area contributed by atoms with Crippen LogP contribution in [-0.2, 0) is 10.2 Å². The van der Waals surface area contributed by atoms with E-state index < -0.39 is 5.60 Å². The molecule has 1 saturated heterocycles. The van der Waals surface area contributed by atoms with E-state index >= 15 is 0 Å². The van der Waals surface area contributed by atoms with Crippen LogP contribution < -0.4 is 5.73 Å². The van der Waals surface area contributed by atoms with E-state index in [1.807, 2.05) is 26.8 Å². The van der Waals surface area contributed by atoms with Crippen molar-refractivity contribution in [1.29, 1.82) is 0 Å². The maximum absolute atomic E-state index is 13.7. The number of hydrogen-bond acceptors (Lipinski definition) is 3. The molecule has 0 aromatic heterocycles. The third kappa shape index (κ3) is 3.07. The van der Waals surface area contributed by atoms with Crippen molar-refractivity contribution in [1.82, 2.24) is 4.90 Å². The molecule has 0 bridgehead atoms. The van der Waals surface area contributed by atoms with Gasteiger partial charge >= 0.3 is 6.09 Å². The summed E-state index contributed by atoms with van der Waals surface area (Å²) in [6.45, 7) is 6.84. The fourth-order valence-electron chi connectivity index (χ4n) is 3.87. The van der Waals surface area contributed by atoms with E-state index in [0.29, 0.717) is 13.1 Å². The Kier molecular flexibility index (Phi) is 3.87. The van der Waals surface area contributed by atoms with E-state index in [1.165, 1.54) is 6.07 Å². The minimum atomic E-state index is -0.488. The smallest absolute Gasteiger partial charge is 0.410 e. The van der Waals surface area contributed by atoms with Crippen molar-refractivity contribution in [2.45, 2.75) is 57.1 Å². The molecule has 1 atom stereocenters. The summed E-state index contributed by atoms with van der Waals surface area (Å²) in [5.41, 5.74) is 7.75. The third-order valence-corrected chi connectivity index (χ3v) is 4.97. The van der Waals surface area contributed by atoms with Gasteiger partial charge in [-0.1, -0.05) is 6.07 Å². The normalized spacial score (nSPS) is 23.0. The predicted molar refractivity (Wildman–Crippen MR) is 86.7 cm³/mol. The highest BCUT2D eigenvalue weighted by Crippen LogP contribution is 2.50. The zero-order valence-electron chi connectivity index (χ0n) is 14.1. The van der Waals surface area contributed by atoms with Gasteiger partial charge in [0, 0.05) is 24.5 Å². The molecule has 126 valence electrons. The second-order valence-corrected chi connectivity index (χ2v) is 7.79. The van der Waals surface area contributed by atoms with Crippen LogP contribution in [0, 0.1) is 5.82 Å². The van der Waals surface area contributed by atoms with Gasteiger partial charge in [0.15, 0.2) is 0 Å². The molecular formula is C18H25FN2O2. The summed E-state index contributed by atoms with van der Waals surface area (Å²) in [5.74, 6) is -0.216. The third-order valence-electron chi connectivity index (χ3n) is 4.97. The van der Waals surface area contributed by atoms with E-state index in [-0.39, 0.29) is 23.4 Å². The van der Waals surface area contributed by atoms with Crippen LogP contribution >= 0.6 is 0 Å². The number of benzene rings is 1. The van der Waals surface area contributed by atoms with Gasteiger partial charge in [0.25, 0.3) is 0 Å². The molecule has 3 rings (SSSR count). The Bertz CT molecular complexity index is 616. The highest BCUT2D eigenvalue weighted by molar-refractivity contribution is 5.68. The lowest BCUT2D eigenvalue weighted by molar-refractivity contribution is 0.0162. The summed E-state index contributed by atoms with van der Waals surface area (Å²) in [7, 11) is 0. The summed E-state index contributed by atoms with van der Waals surface area (Å²) in [5, 5.41) is 0. The number of rotatable bonds is 0. The molecule has 1 amide bonds. The van der Waals surface area contributed by atoms with Crippen LogP contribution in [-0.4, -0.2) is 29.7 Å². The van der Waals surface area contributed by atoms with Crippen molar-refractivity contribution < 1.29 is 13.9 Å². The minimum absolute atomic E-state index is 0.0429. The number of nitrogens with two attached hydrogens (primary N) is 1. The first-order valence-corrected chi connectivity index (χ1v) is 8.24. The average Bonchev–Trinajstić information content (AvgIpc) is 2.70. The number of carbonyl (C=O) groups excluding carboxylic acids is 1. The summed E-state index contributed by atoms with van der Waals surface area (Å²) in [4.78, 5) is 13.9. The second kappa shape index (κ2) is 5.48. The van der Waals surface area contributed by atoms with Crippen LogP contribution in [0.3, 0.4) is 0 Å². The van der Waals surface area contributed by atoms with Crippen LogP contribution in [0.25, 0.3) is 0 Å². The van der Waals surface area contributed by atoms with Crippen molar-refractivity contribution in [2.75, 3.05) is 13.1 Å². The number of halogens is 1. The quantitative estimate of drug-likeness (QED) is 0.796. The van der Waals surface area contributed by atoms with Crippen molar-refractivity contribution in [3.63, 3.8) is 0 Å². The summed E-state index contributed by atoms with van der Waals surface area (Å²) in [6, 6.07) is 4.88. The molecule has 1 aliphatic carbocycles. The fraction of sp³-hybridized carbons (Fsp3) is 0.611. The standard InChI is InChI=1S/C18H25FN2O2/c1-17(2,3)23-16(22)21-8-6-18(7-9-21)11-15(20)13-5-4-12(19)10-14(13)18/h4-5,10,15H,6-9,11,20H2,1-3H3/t15-/m1/s1. The monoisotopic (exact) mass is 320 g/mol. The number of hydrogen-bond donors (Lipinski definition) is 1. The van der Waals surface area contributed by atoms with E-state index in [2.05, 4.69) is 0 Å².